The lowest BCUT2D eigenvalue weighted by atomic mass is 10.3. The molecule has 1 aliphatic heterocycles. The van der Waals surface area contributed by atoms with Crippen molar-refractivity contribution in [3.8, 4) is 0 Å². The lowest BCUT2D eigenvalue weighted by molar-refractivity contribution is -0.120. The average Bonchev–Trinajstić information content (AvgIpc) is 2.39. The van der Waals surface area contributed by atoms with E-state index in [1.807, 2.05) is 0 Å². The number of ether oxygens (including phenoxy) is 3. The van der Waals surface area contributed by atoms with Gasteiger partial charge in [0.25, 0.3) is 0 Å². The molecule has 0 bridgehead atoms. The van der Waals surface area contributed by atoms with Gasteiger partial charge in [0.2, 0.25) is 0 Å². The van der Waals surface area contributed by atoms with Crippen LogP contribution in [0.15, 0.2) is 0 Å². The van der Waals surface area contributed by atoms with Crippen LogP contribution in [-0.2, 0) is 14.2 Å². The molecule has 1 rings (SSSR count). The van der Waals surface area contributed by atoms with Crippen LogP contribution in [0.4, 0.5) is 4.79 Å². The Hall–Kier alpha value is -0.810. The highest BCUT2D eigenvalue weighted by Crippen LogP contribution is 2.05. The molecule has 5 heteroatoms. The smallest absolute Gasteiger partial charge is 0.407 e. The summed E-state index contributed by atoms with van der Waals surface area (Å²) < 4.78 is 14.5. The van der Waals surface area contributed by atoms with Crippen molar-refractivity contribution in [2.45, 2.75) is 12.3 Å². The maximum Gasteiger partial charge on any atom is 0.407 e. The van der Waals surface area contributed by atoms with Gasteiger partial charge in [0, 0.05) is 14.2 Å². The lowest BCUT2D eigenvalue weighted by Gasteiger charge is -2.17. The molecule has 1 saturated heterocycles. The van der Waals surface area contributed by atoms with Gasteiger partial charge < -0.3 is 19.5 Å². The third kappa shape index (κ3) is 1.81. The monoisotopic (exact) mass is 161 g/mol. The first-order chi connectivity index (χ1) is 5.27. The van der Waals surface area contributed by atoms with Gasteiger partial charge in [-0.25, -0.2) is 4.79 Å². The molecule has 5 nitrogen and oxygen atoms in total. The summed E-state index contributed by atoms with van der Waals surface area (Å²) in [5.41, 5.74) is 0. The molecule has 1 amide bonds. The predicted octanol–water partition coefficient (Wildman–Crippen LogP) is -0.286. The SMILES string of the molecule is COC(OC)C1COC(=O)N1. The van der Waals surface area contributed by atoms with E-state index in [9.17, 15) is 4.79 Å². The summed E-state index contributed by atoms with van der Waals surface area (Å²) >= 11 is 0. The van der Waals surface area contributed by atoms with Gasteiger partial charge in [-0.15, -0.1) is 0 Å². The fourth-order valence-corrected chi connectivity index (χ4v) is 0.972. The predicted molar refractivity (Wildman–Crippen MR) is 36.1 cm³/mol. The van der Waals surface area contributed by atoms with E-state index >= 15 is 0 Å². The summed E-state index contributed by atoms with van der Waals surface area (Å²) in [6.07, 6.45) is -0.851. The van der Waals surface area contributed by atoms with Crippen molar-refractivity contribution in [3.05, 3.63) is 0 Å². The molecule has 0 spiro atoms. The number of rotatable bonds is 3. The summed E-state index contributed by atoms with van der Waals surface area (Å²) in [6.45, 7) is 0.297. The van der Waals surface area contributed by atoms with Crippen molar-refractivity contribution in [2.75, 3.05) is 20.8 Å². The van der Waals surface area contributed by atoms with Gasteiger partial charge in [0.1, 0.15) is 12.6 Å². The Morgan fingerprint density at radius 3 is 2.64 bits per heavy atom. The van der Waals surface area contributed by atoms with Crippen molar-refractivity contribution in [3.63, 3.8) is 0 Å². The highest BCUT2D eigenvalue weighted by molar-refractivity contribution is 5.69. The van der Waals surface area contributed by atoms with Crippen molar-refractivity contribution in [1.82, 2.24) is 5.32 Å². The summed E-state index contributed by atoms with van der Waals surface area (Å²) in [7, 11) is 3.03. The number of cyclic esters (lactones) is 1. The molecular formula is C6H11NO4. The second kappa shape index (κ2) is 3.54. The minimum atomic E-state index is -0.429. The third-order valence-electron chi connectivity index (χ3n) is 1.49. The van der Waals surface area contributed by atoms with Crippen LogP contribution in [0, 0.1) is 0 Å². The molecule has 1 N–H and O–H groups in total. The summed E-state index contributed by atoms with van der Waals surface area (Å²) in [4.78, 5) is 10.5. The molecule has 64 valence electrons. The zero-order valence-electron chi connectivity index (χ0n) is 6.49. The van der Waals surface area contributed by atoms with Gasteiger partial charge in [-0.1, -0.05) is 0 Å². The Labute approximate surface area is 64.6 Å². The molecule has 0 aromatic heterocycles. The number of carbonyl (C=O) groups excluding carboxylic acids is 1. The van der Waals surface area contributed by atoms with Crippen molar-refractivity contribution in [2.24, 2.45) is 0 Å². The second-order valence-corrected chi connectivity index (χ2v) is 2.19. The van der Waals surface area contributed by atoms with Gasteiger partial charge in [0.15, 0.2) is 6.29 Å². The topological polar surface area (TPSA) is 56.8 Å². The molecule has 0 aliphatic carbocycles. The summed E-state index contributed by atoms with van der Waals surface area (Å²) in [5, 5.41) is 2.54. The first kappa shape index (κ1) is 8.29. The van der Waals surface area contributed by atoms with Crippen molar-refractivity contribution >= 4 is 6.09 Å². The van der Waals surface area contributed by atoms with Crippen molar-refractivity contribution < 1.29 is 19.0 Å². The minimum absolute atomic E-state index is 0.197. The van der Waals surface area contributed by atoms with E-state index in [1.54, 1.807) is 0 Å². The maximum absolute atomic E-state index is 10.5. The van der Waals surface area contributed by atoms with Crippen LogP contribution in [0.5, 0.6) is 0 Å². The first-order valence-electron chi connectivity index (χ1n) is 3.27. The van der Waals surface area contributed by atoms with E-state index in [2.05, 4.69) is 10.1 Å². The molecule has 0 aromatic rings. The Kier molecular flexibility index (Phi) is 2.67. The highest BCUT2D eigenvalue weighted by Gasteiger charge is 2.30. The molecule has 1 aliphatic rings. The lowest BCUT2D eigenvalue weighted by Crippen LogP contribution is -2.40. The molecular weight excluding hydrogens is 150 g/mol. The molecule has 0 aromatic carbocycles. The maximum atomic E-state index is 10.5. The number of hydrogen-bond acceptors (Lipinski definition) is 4. The first-order valence-corrected chi connectivity index (χ1v) is 3.27. The Morgan fingerprint density at radius 1 is 1.64 bits per heavy atom. The van der Waals surface area contributed by atoms with Crippen LogP contribution < -0.4 is 5.32 Å². The molecule has 0 radical (unpaired) electrons. The summed E-state index contributed by atoms with van der Waals surface area (Å²) in [5.74, 6) is 0. The molecule has 1 unspecified atom stereocenters. The van der Waals surface area contributed by atoms with Gasteiger partial charge in [-0.3, -0.25) is 0 Å². The number of hydrogen-bond donors (Lipinski definition) is 1. The Morgan fingerprint density at radius 2 is 2.27 bits per heavy atom. The molecule has 0 saturated carbocycles. The Bertz CT molecular complexity index is 146. The van der Waals surface area contributed by atoms with E-state index in [4.69, 9.17) is 9.47 Å². The zero-order valence-corrected chi connectivity index (χ0v) is 6.49. The molecule has 1 heterocycles. The minimum Gasteiger partial charge on any atom is -0.447 e. The number of nitrogens with one attached hydrogen (secondary N) is 1. The van der Waals surface area contributed by atoms with Crippen LogP contribution >= 0.6 is 0 Å². The van der Waals surface area contributed by atoms with Crippen LogP contribution in [0.2, 0.25) is 0 Å². The van der Waals surface area contributed by atoms with Crippen LogP contribution in [0.3, 0.4) is 0 Å². The van der Waals surface area contributed by atoms with Crippen LogP contribution in [0.25, 0.3) is 0 Å². The standard InChI is InChI=1S/C6H11NO4/c1-9-5(10-2)4-3-11-6(8)7-4/h4-5H,3H2,1-2H3,(H,7,8). The molecule has 1 atom stereocenters. The van der Waals surface area contributed by atoms with E-state index in [0.717, 1.165) is 0 Å². The number of alkyl carbamates (subject to hydrolysis) is 1. The van der Waals surface area contributed by atoms with E-state index in [-0.39, 0.29) is 6.04 Å². The van der Waals surface area contributed by atoms with Gasteiger partial charge in [0.05, 0.1) is 0 Å². The van der Waals surface area contributed by atoms with Gasteiger partial charge >= 0.3 is 6.09 Å². The average molecular weight is 161 g/mol. The van der Waals surface area contributed by atoms with Gasteiger partial charge in [-0.05, 0) is 0 Å². The van der Waals surface area contributed by atoms with E-state index < -0.39 is 12.4 Å². The largest absolute Gasteiger partial charge is 0.447 e. The number of carbonyl (C=O) groups is 1. The Balaban J connectivity index is 2.40. The third-order valence-corrected chi connectivity index (χ3v) is 1.49. The fraction of sp³-hybridized carbons (Fsp3) is 0.833. The molecule has 1 fully saturated rings. The van der Waals surface area contributed by atoms with E-state index in [1.165, 1.54) is 14.2 Å². The van der Waals surface area contributed by atoms with Crippen LogP contribution in [-0.4, -0.2) is 39.3 Å². The normalized spacial score (nSPS) is 23.5. The fourth-order valence-electron chi connectivity index (χ4n) is 0.972. The number of amides is 1. The van der Waals surface area contributed by atoms with Crippen LogP contribution in [0.1, 0.15) is 0 Å². The van der Waals surface area contributed by atoms with Crippen molar-refractivity contribution in [1.29, 1.82) is 0 Å². The number of methoxy groups -OCH3 is 2. The zero-order chi connectivity index (χ0) is 8.27. The van der Waals surface area contributed by atoms with E-state index in [0.29, 0.717) is 6.61 Å². The highest BCUT2D eigenvalue weighted by atomic mass is 16.7. The van der Waals surface area contributed by atoms with Gasteiger partial charge in [-0.2, -0.15) is 0 Å². The quantitative estimate of drug-likeness (QED) is 0.578. The molecule has 11 heavy (non-hydrogen) atoms. The summed E-state index contributed by atoms with van der Waals surface area (Å²) in [6, 6.07) is -0.197. The second-order valence-electron chi connectivity index (χ2n) is 2.19.